The van der Waals surface area contributed by atoms with Gasteiger partial charge in [-0.2, -0.15) is 0 Å². The normalized spacial score (nSPS) is 12.2. The molecule has 1 aromatic rings. The van der Waals surface area contributed by atoms with Crippen molar-refractivity contribution in [2.24, 2.45) is 0 Å². The molecule has 0 heterocycles. The van der Waals surface area contributed by atoms with Crippen LogP contribution in [0.2, 0.25) is 0 Å². The number of hydrogen-bond donors (Lipinski definition) is 1. The van der Waals surface area contributed by atoms with Crippen LogP contribution in [-0.4, -0.2) is 19.8 Å². The van der Waals surface area contributed by atoms with Crippen molar-refractivity contribution in [2.45, 2.75) is 65.5 Å². The molecular formula is C18H31NO2. The summed E-state index contributed by atoms with van der Waals surface area (Å²) in [4.78, 5) is 0. The summed E-state index contributed by atoms with van der Waals surface area (Å²) in [5.74, 6) is 1.64. The fourth-order valence-electron chi connectivity index (χ4n) is 2.51. The summed E-state index contributed by atoms with van der Waals surface area (Å²) in [5.41, 5.74) is 1.24. The van der Waals surface area contributed by atoms with E-state index in [1.165, 1.54) is 37.7 Å². The molecule has 1 rings (SSSR count). The molecule has 21 heavy (non-hydrogen) atoms. The molecule has 0 bridgehead atoms. The Morgan fingerprint density at radius 2 is 1.86 bits per heavy atom. The Kier molecular flexibility index (Phi) is 8.91. The minimum Gasteiger partial charge on any atom is -0.493 e. The van der Waals surface area contributed by atoms with E-state index >= 15 is 0 Å². The van der Waals surface area contributed by atoms with E-state index in [9.17, 15) is 0 Å². The molecule has 3 heteroatoms. The number of benzene rings is 1. The van der Waals surface area contributed by atoms with Crippen molar-refractivity contribution in [3.63, 3.8) is 0 Å². The molecule has 0 saturated heterocycles. The van der Waals surface area contributed by atoms with E-state index in [2.05, 4.69) is 31.3 Å². The van der Waals surface area contributed by atoms with Crippen molar-refractivity contribution in [3.8, 4) is 11.5 Å². The van der Waals surface area contributed by atoms with Gasteiger partial charge in [-0.1, -0.05) is 39.2 Å². The van der Waals surface area contributed by atoms with Crippen LogP contribution in [-0.2, 0) is 6.54 Å². The zero-order chi connectivity index (χ0) is 15.5. The lowest BCUT2D eigenvalue weighted by Gasteiger charge is -2.18. The molecule has 0 aliphatic heterocycles. The number of methoxy groups -OCH3 is 1. The van der Waals surface area contributed by atoms with Crippen molar-refractivity contribution >= 4 is 0 Å². The summed E-state index contributed by atoms with van der Waals surface area (Å²) >= 11 is 0. The van der Waals surface area contributed by atoms with Gasteiger partial charge in [0.25, 0.3) is 0 Å². The van der Waals surface area contributed by atoms with Crippen molar-refractivity contribution in [2.75, 3.05) is 13.7 Å². The summed E-state index contributed by atoms with van der Waals surface area (Å²) in [6.45, 7) is 8.03. The van der Waals surface area contributed by atoms with E-state index in [1.54, 1.807) is 7.11 Å². The predicted molar refractivity (Wildman–Crippen MR) is 89.2 cm³/mol. The molecule has 1 N–H and O–H groups in total. The van der Waals surface area contributed by atoms with Gasteiger partial charge in [-0.15, -0.1) is 0 Å². The highest BCUT2D eigenvalue weighted by atomic mass is 16.5. The van der Waals surface area contributed by atoms with Crippen LogP contribution in [0.15, 0.2) is 18.2 Å². The Hall–Kier alpha value is -1.22. The standard InChI is InChI=1S/C18H31NO2/c1-5-8-10-16(9-6-2)19-14-15-11-12-17(21-7-3)18(13-15)20-4/h11-13,16,19H,5-10,14H2,1-4H3. The zero-order valence-corrected chi connectivity index (χ0v) is 14.1. The van der Waals surface area contributed by atoms with Crippen LogP contribution in [0.4, 0.5) is 0 Å². The van der Waals surface area contributed by atoms with E-state index in [-0.39, 0.29) is 0 Å². The summed E-state index contributed by atoms with van der Waals surface area (Å²) in [7, 11) is 1.69. The molecule has 1 aromatic carbocycles. The Balaban J connectivity index is 2.60. The van der Waals surface area contributed by atoms with Crippen molar-refractivity contribution in [1.82, 2.24) is 5.32 Å². The summed E-state index contributed by atoms with van der Waals surface area (Å²) in [6.07, 6.45) is 6.30. The molecule has 0 amide bonds. The number of ether oxygens (including phenoxy) is 2. The van der Waals surface area contributed by atoms with E-state index < -0.39 is 0 Å². The number of unbranched alkanes of at least 4 members (excludes halogenated alkanes) is 1. The Labute approximate surface area is 130 Å². The van der Waals surface area contributed by atoms with Gasteiger partial charge in [-0.3, -0.25) is 0 Å². The number of nitrogens with one attached hydrogen (secondary N) is 1. The molecule has 0 aliphatic carbocycles. The maximum absolute atomic E-state index is 5.55. The third kappa shape index (κ3) is 6.38. The van der Waals surface area contributed by atoms with Gasteiger partial charge in [0.2, 0.25) is 0 Å². The predicted octanol–water partition coefficient (Wildman–Crippen LogP) is 4.54. The second-order valence-corrected chi connectivity index (χ2v) is 5.43. The van der Waals surface area contributed by atoms with Gasteiger partial charge in [0.1, 0.15) is 0 Å². The highest BCUT2D eigenvalue weighted by Crippen LogP contribution is 2.28. The highest BCUT2D eigenvalue weighted by Gasteiger charge is 2.09. The van der Waals surface area contributed by atoms with Gasteiger partial charge < -0.3 is 14.8 Å². The quantitative estimate of drug-likeness (QED) is 0.649. The van der Waals surface area contributed by atoms with Gasteiger partial charge >= 0.3 is 0 Å². The lowest BCUT2D eigenvalue weighted by Crippen LogP contribution is -2.28. The zero-order valence-electron chi connectivity index (χ0n) is 14.1. The van der Waals surface area contributed by atoms with Crippen LogP contribution in [0.1, 0.15) is 58.4 Å². The number of rotatable bonds is 11. The van der Waals surface area contributed by atoms with E-state index in [0.717, 1.165) is 18.0 Å². The topological polar surface area (TPSA) is 30.5 Å². The largest absolute Gasteiger partial charge is 0.493 e. The Morgan fingerprint density at radius 1 is 1.05 bits per heavy atom. The molecule has 0 saturated carbocycles. The summed E-state index contributed by atoms with van der Waals surface area (Å²) in [6, 6.07) is 6.80. The minimum absolute atomic E-state index is 0.618. The van der Waals surface area contributed by atoms with Crippen molar-refractivity contribution in [3.05, 3.63) is 23.8 Å². The lowest BCUT2D eigenvalue weighted by atomic mass is 10.0. The lowest BCUT2D eigenvalue weighted by molar-refractivity contribution is 0.310. The van der Waals surface area contributed by atoms with Gasteiger partial charge in [0, 0.05) is 12.6 Å². The first-order chi connectivity index (χ1) is 10.2. The van der Waals surface area contributed by atoms with Gasteiger partial charge in [-0.05, 0) is 37.5 Å². The molecule has 0 radical (unpaired) electrons. The van der Waals surface area contributed by atoms with E-state index in [1.807, 2.05) is 13.0 Å². The fourth-order valence-corrected chi connectivity index (χ4v) is 2.51. The first-order valence-corrected chi connectivity index (χ1v) is 8.28. The van der Waals surface area contributed by atoms with Gasteiger partial charge in [0.15, 0.2) is 11.5 Å². The van der Waals surface area contributed by atoms with E-state index in [4.69, 9.17) is 9.47 Å². The second kappa shape index (κ2) is 10.5. The molecule has 0 aromatic heterocycles. The SMILES string of the molecule is CCCCC(CCC)NCc1ccc(OCC)c(OC)c1. The molecule has 0 aliphatic rings. The molecular weight excluding hydrogens is 262 g/mol. The van der Waals surface area contributed by atoms with Crippen LogP contribution in [0.3, 0.4) is 0 Å². The fraction of sp³-hybridized carbons (Fsp3) is 0.667. The Morgan fingerprint density at radius 3 is 2.48 bits per heavy atom. The van der Waals surface area contributed by atoms with Crippen LogP contribution >= 0.6 is 0 Å². The number of hydrogen-bond acceptors (Lipinski definition) is 3. The van der Waals surface area contributed by atoms with E-state index in [0.29, 0.717) is 12.6 Å². The summed E-state index contributed by atoms with van der Waals surface area (Å²) in [5, 5.41) is 3.68. The first kappa shape index (κ1) is 17.8. The highest BCUT2D eigenvalue weighted by molar-refractivity contribution is 5.42. The molecule has 1 atom stereocenters. The molecule has 3 nitrogen and oxygen atoms in total. The van der Waals surface area contributed by atoms with Crippen molar-refractivity contribution in [1.29, 1.82) is 0 Å². The molecule has 0 spiro atoms. The van der Waals surface area contributed by atoms with Crippen molar-refractivity contribution < 1.29 is 9.47 Å². The van der Waals surface area contributed by atoms with Gasteiger partial charge in [-0.25, -0.2) is 0 Å². The third-order valence-electron chi connectivity index (χ3n) is 3.67. The Bertz CT molecular complexity index is 393. The monoisotopic (exact) mass is 293 g/mol. The smallest absolute Gasteiger partial charge is 0.161 e. The summed E-state index contributed by atoms with van der Waals surface area (Å²) < 4.78 is 11.0. The third-order valence-corrected chi connectivity index (χ3v) is 3.67. The molecule has 1 unspecified atom stereocenters. The minimum atomic E-state index is 0.618. The van der Waals surface area contributed by atoms with Crippen LogP contribution in [0.5, 0.6) is 11.5 Å². The maximum atomic E-state index is 5.55. The van der Waals surface area contributed by atoms with Crippen LogP contribution < -0.4 is 14.8 Å². The van der Waals surface area contributed by atoms with Gasteiger partial charge in [0.05, 0.1) is 13.7 Å². The van der Waals surface area contributed by atoms with Crippen LogP contribution in [0.25, 0.3) is 0 Å². The molecule has 120 valence electrons. The first-order valence-electron chi connectivity index (χ1n) is 8.28. The average molecular weight is 293 g/mol. The molecule has 0 fully saturated rings. The van der Waals surface area contributed by atoms with Crippen LogP contribution in [0, 0.1) is 0 Å². The maximum Gasteiger partial charge on any atom is 0.161 e. The average Bonchev–Trinajstić information content (AvgIpc) is 2.51. The second-order valence-electron chi connectivity index (χ2n) is 5.43.